The van der Waals surface area contributed by atoms with Gasteiger partial charge in [0.05, 0.1) is 0 Å². The lowest BCUT2D eigenvalue weighted by Gasteiger charge is -2.24. The second-order valence-corrected chi connectivity index (χ2v) is 8.59. The minimum Gasteiger partial charge on any atom is -0.368 e. The molecule has 0 aliphatic carbocycles. The third-order valence-corrected chi connectivity index (χ3v) is 6.55. The molecule has 0 aliphatic heterocycles. The van der Waals surface area contributed by atoms with E-state index in [0.29, 0.717) is 0 Å². The van der Waals surface area contributed by atoms with Crippen LogP contribution < -0.4 is 0 Å². The fourth-order valence-electron chi connectivity index (χ4n) is 3.92. The fourth-order valence-corrected chi connectivity index (χ4v) is 4.26. The van der Waals surface area contributed by atoms with Crippen molar-refractivity contribution < 1.29 is 0 Å². The zero-order chi connectivity index (χ0) is 21.4. The van der Waals surface area contributed by atoms with E-state index in [4.69, 9.17) is 24.4 Å². The van der Waals surface area contributed by atoms with Crippen molar-refractivity contribution in [2.75, 3.05) is 28.2 Å². The Hall–Kier alpha value is -2.82. The topological polar surface area (TPSA) is 6.48 Å². The quantitative estimate of drug-likeness (QED) is 0.362. The zero-order valence-electron chi connectivity index (χ0n) is 17.6. The summed E-state index contributed by atoms with van der Waals surface area (Å²) in [7, 11) is 7.98. The van der Waals surface area contributed by atoms with E-state index in [1.807, 2.05) is 38.0 Å². The highest BCUT2D eigenvalue weighted by molar-refractivity contribution is 7.81. The smallest absolute Gasteiger partial charge is 0.109 e. The number of nitrogens with zero attached hydrogens (tertiary/aromatic N) is 2. The van der Waals surface area contributed by atoms with Gasteiger partial charge in [-0.15, -0.1) is 0 Å². The predicted octanol–water partition coefficient (Wildman–Crippen LogP) is 6.13. The molecule has 4 aromatic carbocycles. The summed E-state index contributed by atoms with van der Waals surface area (Å²) >= 11 is 11.7. The first-order chi connectivity index (χ1) is 14.4. The molecule has 0 unspecified atom stereocenters. The van der Waals surface area contributed by atoms with Gasteiger partial charge < -0.3 is 9.80 Å². The number of hydrogen-bond donors (Lipinski definition) is 0. The minimum atomic E-state index is 0.811. The van der Waals surface area contributed by atoms with Crippen LogP contribution in [-0.4, -0.2) is 48.0 Å². The van der Waals surface area contributed by atoms with Crippen molar-refractivity contribution in [3.63, 3.8) is 0 Å². The number of rotatable bonds is 3. The van der Waals surface area contributed by atoms with Crippen LogP contribution in [0.5, 0.6) is 0 Å². The third kappa shape index (κ3) is 3.47. The van der Waals surface area contributed by atoms with Crippen LogP contribution in [0.1, 0.15) is 11.1 Å². The Bertz CT molecular complexity index is 1190. The van der Waals surface area contributed by atoms with E-state index in [9.17, 15) is 0 Å². The Morgan fingerprint density at radius 3 is 1.27 bits per heavy atom. The first-order valence-corrected chi connectivity index (χ1v) is 10.7. The van der Waals surface area contributed by atoms with E-state index in [-0.39, 0.29) is 0 Å². The van der Waals surface area contributed by atoms with E-state index < -0.39 is 0 Å². The van der Waals surface area contributed by atoms with Crippen molar-refractivity contribution in [1.29, 1.82) is 0 Å². The van der Waals surface area contributed by atoms with Gasteiger partial charge in [0.1, 0.15) is 9.98 Å². The molecular weight excluding hydrogens is 404 g/mol. The molecule has 0 saturated carbocycles. The molecule has 0 aromatic heterocycles. The van der Waals surface area contributed by atoms with Gasteiger partial charge in [0, 0.05) is 50.4 Å². The molecule has 0 bridgehead atoms. The van der Waals surface area contributed by atoms with Crippen molar-refractivity contribution in [2.45, 2.75) is 0 Å². The van der Waals surface area contributed by atoms with Crippen molar-refractivity contribution in [1.82, 2.24) is 9.80 Å². The van der Waals surface area contributed by atoms with Crippen molar-refractivity contribution in [3.8, 4) is 11.1 Å². The van der Waals surface area contributed by atoms with Crippen molar-refractivity contribution in [3.05, 3.63) is 83.9 Å². The Morgan fingerprint density at radius 2 is 0.900 bits per heavy atom. The van der Waals surface area contributed by atoms with Gasteiger partial charge in [-0.05, 0) is 21.5 Å². The van der Waals surface area contributed by atoms with Gasteiger partial charge in [-0.3, -0.25) is 0 Å². The summed E-state index contributed by atoms with van der Waals surface area (Å²) in [6.45, 7) is 0. The van der Waals surface area contributed by atoms with Crippen LogP contribution in [0, 0.1) is 0 Å². The maximum absolute atomic E-state index is 5.86. The molecule has 4 rings (SSSR count). The fraction of sp³-hybridized carbons (Fsp3) is 0.154. The molecule has 0 heterocycles. The Kier molecular flexibility index (Phi) is 5.54. The lowest BCUT2D eigenvalue weighted by atomic mass is 9.86. The normalized spacial score (nSPS) is 10.9. The SMILES string of the molecule is CN(C)C(=S)c1ccc2ccccc2c1-c1c(C(=S)N(C)C)ccc2ccccc12. The van der Waals surface area contributed by atoms with E-state index in [0.717, 1.165) is 32.2 Å². The van der Waals surface area contributed by atoms with Crippen molar-refractivity contribution in [2.24, 2.45) is 0 Å². The lowest BCUT2D eigenvalue weighted by Crippen LogP contribution is -2.23. The highest BCUT2D eigenvalue weighted by Gasteiger charge is 2.21. The van der Waals surface area contributed by atoms with Gasteiger partial charge in [0.25, 0.3) is 0 Å². The van der Waals surface area contributed by atoms with Gasteiger partial charge in [-0.25, -0.2) is 0 Å². The van der Waals surface area contributed by atoms with Crippen LogP contribution in [-0.2, 0) is 0 Å². The van der Waals surface area contributed by atoms with Crippen LogP contribution in [0.3, 0.4) is 0 Å². The summed E-state index contributed by atoms with van der Waals surface area (Å²) < 4.78 is 0. The Morgan fingerprint density at radius 1 is 0.533 bits per heavy atom. The largest absolute Gasteiger partial charge is 0.368 e. The lowest BCUT2D eigenvalue weighted by molar-refractivity contribution is 0.636. The van der Waals surface area contributed by atoms with E-state index in [1.54, 1.807) is 0 Å². The van der Waals surface area contributed by atoms with Crippen LogP contribution in [0.15, 0.2) is 72.8 Å². The molecule has 0 aliphatic rings. The second kappa shape index (κ2) is 8.13. The monoisotopic (exact) mass is 428 g/mol. The standard InChI is InChI=1S/C26H24N2S2/c1-27(2)25(29)21-15-13-17-9-5-7-11-19(17)23(21)24-20-12-8-6-10-18(20)14-16-22(24)26(30)28(3)4/h5-16H,1-4H3. The van der Waals surface area contributed by atoms with Crippen LogP contribution in [0.2, 0.25) is 0 Å². The number of hydrogen-bond acceptors (Lipinski definition) is 2. The predicted molar refractivity (Wildman–Crippen MR) is 138 cm³/mol. The number of thiocarbonyl (C=S) groups is 2. The van der Waals surface area contributed by atoms with Gasteiger partial charge in [-0.2, -0.15) is 0 Å². The maximum atomic E-state index is 5.86. The summed E-state index contributed by atoms with van der Waals surface area (Å²) in [6.07, 6.45) is 0. The van der Waals surface area contributed by atoms with E-state index >= 15 is 0 Å². The summed E-state index contributed by atoms with van der Waals surface area (Å²) in [6, 6.07) is 25.6. The second-order valence-electron chi connectivity index (χ2n) is 7.82. The molecule has 4 aromatic rings. The average Bonchev–Trinajstić information content (AvgIpc) is 2.76. The number of benzene rings is 4. The van der Waals surface area contributed by atoms with Gasteiger partial charge >= 0.3 is 0 Å². The molecule has 0 saturated heterocycles. The summed E-state index contributed by atoms with van der Waals surface area (Å²) in [5.74, 6) is 0. The third-order valence-electron chi connectivity index (χ3n) is 5.38. The Labute approximate surface area is 188 Å². The van der Waals surface area contributed by atoms with Gasteiger partial charge in [0.2, 0.25) is 0 Å². The molecule has 0 fully saturated rings. The first-order valence-electron chi connectivity index (χ1n) is 9.87. The van der Waals surface area contributed by atoms with E-state index in [1.165, 1.54) is 21.5 Å². The molecule has 4 heteroatoms. The van der Waals surface area contributed by atoms with E-state index in [2.05, 4.69) is 72.8 Å². The van der Waals surface area contributed by atoms with Crippen LogP contribution >= 0.6 is 24.4 Å². The molecular formula is C26H24N2S2. The summed E-state index contributed by atoms with van der Waals surface area (Å²) in [5.41, 5.74) is 4.38. The Balaban J connectivity index is 2.22. The van der Waals surface area contributed by atoms with Crippen LogP contribution in [0.4, 0.5) is 0 Å². The minimum absolute atomic E-state index is 0.811. The first kappa shape index (κ1) is 20.5. The number of fused-ring (bicyclic) bond motifs is 2. The molecule has 0 atom stereocenters. The molecule has 0 spiro atoms. The van der Waals surface area contributed by atoms with Crippen molar-refractivity contribution >= 4 is 56.0 Å². The average molecular weight is 429 g/mol. The molecule has 0 N–H and O–H groups in total. The molecule has 0 amide bonds. The van der Waals surface area contributed by atoms with Crippen LogP contribution in [0.25, 0.3) is 32.7 Å². The van der Waals surface area contributed by atoms with Gasteiger partial charge in [0.15, 0.2) is 0 Å². The molecule has 150 valence electrons. The molecule has 2 nitrogen and oxygen atoms in total. The summed E-state index contributed by atoms with van der Waals surface area (Å²) in [4.78, 5) is 5.62. The molecule has 30 heavy (non-hydrogen) atoms. The van der Waals surface area contributed by atoms with Gasteiger partial charge in [-0.1, -0.05) is 97.2 Å². The zero-order valence-corrected chi connectivity index (χ0v) is 19.3. The summed E-state index contributed by atoms with van der Waals surface area (Å²) in [5, 5.41) is 4.73. The molecule has 0 radical (unpaired) electrons. The maximum Gasteiger partial charge on any atom is 0.109 e. The highest BCUT2D eigenvalue weighted by Crippen LogP contribution is 2.40. The highest BCUT2D eigenvalue weighted by atomic mass is 32.1.